The quantitative estimate of drug-likeness (QED) is 0.945. The van der Waals surface area contributed by atoms with E-state index in [9.17, 15) is 9.59 Å². The molecule has 3 rings (SSSR count). The van der Waals surface area contributed by atoms with E-state index in [0.29, 0.717) is 11.3 Å². The molecular formula is C16H16N2O3S. The predicted octanol–water partition coefficient (Wildman–Crippen LogP) is 2.50. The fraction of sp³-hybridized carbons (Fsp3) is 0.250. The van der Waals surface area contributed by atoms with Crippen LogP contribution in [-0.4, -0.2) is 36.2 Å². The van der Waals surface area contributed by atoms with Crippen molar-refractivity contribution in [3.05, 3.63) is 51.8 Å². The molecule has 1 aliphatic rings. The van der Waals surface area contributed by atoms with Gasteiger partial charge in [-0.25, -0.2) is 0 Å². The van der Waals surface area contributed by atoms with Gasteiger partial charge in [0.05, 0.1) is 18.4 Å². The standard InChI is InChI=1S/C16H16N2O3S/c1-18-15(20)11-8-12(19)17-14(13(11)16(18)22-3)9-4-6-10(21-2)7-5-9/h4-8,16H,1-3H3,(H,17,19). The summed E-state index contributed by atoms with van der Waals surface area (Å²) in [7, 11) is 3.36. The number of fused-ring (bicyclic) bond motifs is 1. The number of carbonyl (C=O) groups excluding carboxylic acids is 1. The molecule has 0 saturated heterocycles. The lowest BCUT2D eigenvalue weighted by Crippen LogP contribution is -2.21. The lowest BCUT2D eigenvalue weighted by atomic mass is 10.0. The maximum Gasteiger partial charge on any atom is 0.255 e. The third kappa shape index (κ3) is 2.20. The number of nitrogens with one attached hydrogen (secondary N) is 1. The van der Waals surface area contributed by atoms with Gasteiger partial charge in [0.25, 0.3) is 5.91 Å². The molecule has 0 saturated carbocycles. The van der Waals surface area contributed by atoms with Crippen molar-refractivity contribution < 1.29 is 9.53 Å². The number of hydrogen-bond acceptors (Lipinski definition) is 4. The zero-order chi connectivity index (χ0) is 15.9. The molecule has 1 aromatic heterocycles. The molecule has 1 aromatic carbocycles. The maximum atomic E-state index is 12.3. The number of ether oxygens (including phenoxy) is 1. The van der Waals surface area contributed by atoms with E-state index in [4.69, 9.17) is 4.74 Å². The van der Waals surface area contributed by atoms with E-state index in [1.807, 2.05) is 30.5 Å². The molecule has 0 aliphatic carbocycles. The first kappa shape index (κ1) is 14.7. The summed E-state index contributed by atoms with van der Waals surface area (Å²) in [6.07, 6.45) is 1.95. The normalized spacial score (nSPS) is 16.8. The van der Waals surface area contributed by atoms with Crippen molar-refractivity contribution in [2.45, 2.75) is 5.37 Å². The molecule has 1 N–H and O–H groups in total. The Bertz CT molecular complexity index is 783. The van der Waals surface area contributed by atoms with E-state index < -0.39 is 0 Å². The van der Waals surface area contributed by atoms with Crippen LogP contribution in [0, 0.1) is 0 Å². The van der Waals surface area contributed by atoms with E-state index in [2.05, 4.69) is 4.98 Å². The first-order valence-corrected chi connectivity index (χ1v) is 8.07. The van der Waals surface area contributed by atoms with Crippen LogP contribution in [0.4, 0.5) is 0 Å². The first-order valence-electron chi connectivity index (χ1n) is 6.78. The number of aromatic amines is 1. The molecule has 1 unspecified atom stereocenters. The van der Waals surface area contributed by atoms with Crippen molar-refractivity contribution in [3.63, 3.8) is 0 Å². The van der Waals surface area contributed by atoms with Crippen molar-refractivity contribution in [2.75, 3.05) is 20.4 Å². The highest BCUT2D eigenvalue weighted by Crippen LogP contribution is 2.42. The molecule has 2 heterocycles. The van der Waals surface area contributed by atoms with Crippen LogP contribution in [0.2, 0.25) is 0 Å². The number of benzene rings is 1. The van der Waals surface area contributed by atoms with Crippen LogP contribution >= 0.6 is 11.8 Å². The maximum absolute atomic E-state index is 12.3. The average molecular weight is 316 g/mol. The number of H-pyrrole nitrogens is 1. The molecule has 0 fully saturated rings. The Morgan fingerprint density at radius 3 is 2.50 bits per heavy atom. The van der Waals surface area contributed by atoms with Crippen molar-refractivity contribution in [2.24, 2.45) is 0 Å². The van der Waals surface area contributed by atoms with Crippen LogP contribution in [0.25, 0.3) is 11.3 Å². The lowest BCUT2D eigenvalue weighted by Gasteiger charge is -2.19. The zero-order valence-electron chi connectivity index (χ0n) is 12.5. The summed E-state index contributed by atoms with van der Waals surface area (Å²) < 4.78 is 5.16. The number of rotatable bonds is 3. The van der Waals surface area contributed by atoms with Crippen LogP contribution in [0.3, 0.4) is 0 Å². The van der Waals surface area contributed by atoms with E-state index in [0.717, 1.165) is 16.9 Å². The lowest BCUT2D eigenvalue weighted by molar-refractivity contribution is 0.0813. The SMILES string of the molecule is COc1ccc(-c2[nH]c(=O)cc3c2C(SC)N(C)C3=O)cc1. The second-order valence-corrected chi connectivity index (χ2v) is 5.99. The molecule has 1 atom stereocenters. The minimum atomic E-state index is -0.270. The van der Waals surface area contributed by atoms with Crippen LogP contribution in [0.15, 0.2) is 35.1 Å². The summed E-state index contributed by atoms with van der Waals surface area (Å²) in [6.45, 7) is 0. The highest BCUT2D eigenvalue weighted by Gasteiger charge is 2.36. The topological polar surface area (TPSA) is 62.4 Å². The number of amides is 1. The highest BCUT2D eigenvalue weighted by atomic mass is 32.2. The fourth-order valence-corrected chi connectivity index (χ4v) is 3.65. The number of aromatic nitrogens is 1. The summed E-state index contributed by atoms with van der Waals surface area (Å²) >= 11 is 1.57. The summed E-state index contributed by atoms with van der Waals surface area (Å²) in [5.41, 5.74) is 2.63. The highest BCUT2D eigenvalue weighted by molar-refractivity contribution is 7.98. The van der Waals surface area contributed by atoms with Gasteiger partial charge in [0.15, 0.2) is 0 Å². The van der Waals surface area contributed by atoms with E-state index in [1.54, 1.807) is 30.8 Å². The summed E-state index contributed by atoms with van der Waals surface area (Å²) in [5, 5.41) is -0.101. The Hall–Kier alpha value is -2.21. The molecule has 1 aliphatic heterocycles. The third-order valence-corrected chi connectivity index (χ3v) is 4.83. The predicted molar refractivity (Wildman–Crippen MR) is 87.4 cm³/mol. The minimum Gasteiger partial charge on any atom is -0.497 e. The molecule has 0 radical (unpaired) electrons. The largest absolute Gasteiger partial charge is 0.497 e. The summed E-state index contributed by atoms with van der Waals surface area (Å²) in [5.74, 6) is 0.628. The van der Waals surface area contributed by atoms with Crippen LogP contribution in [0.5, 0.6) is 5.75 Å². The van der Waals surface area contributed by atoms with Gasteiger partial charge >= 0.3 is 0 Å². The first-order chi connectivity index (χ1) is 10.6. The Morgan fingerprint density at radius 1 is 1.23 bits per heavy atom. The molecule has 5 nitrogen and oxygen atoms in total. The fourth-order valence-electron chi connectivity index (χ4n) is 2.76. The number of nitrogens with zero attached hydrogens (tertiary/aromatic N) is 1. The van der Waals surface area contributed by atoms with Crippen molar-refractivity contribution >= 4 is 17.7 Å². The van der Waals surface area contributed by atoms with Gasteiger partial charge < -0.3 is 14.6 Å². The molecule has 0 spiro atoms. The van der Waals surface area contributed by atoms with E-state index >= 15 is 0 Å². The minimum absolute atomic E-state index is 0.101. The van der Waals surface area contributed by atoms with Crippen molar-refractivity contribution in [3.8, 4) is 17.0 Å². The Labute approximate surface area is 132 Å². The molecule has 6 heteroatoms. The number of thioether (sulfide) groups is 1. The van der Waals surface area contributed by atoms with Gasteiger partial charge in [0.1, 0.15) is 11.1 Å². The zero-order valence-corrected chi connectivity index (χ0v) is 13.4. The van der Waals surface area contributed by atoms with Gasteiger partial charge in [-0.15, -0.1) is 11.8 Å². The van der Waals surface area contributed by atoms with E-state index in [-0.39, 0.29) is 16.8 Å². The molecule has 22 heavy (non-hydrogen) atoms. The number of methoxy groups -OCH3 is 1. The van der Waals surface area contributed by atoms with Gasteiger partial charge in [-0.1, -0.05) is 0 Å². The van der Waals surface area contributed by atoms with Gasteiger partial charge in [-0.2, -0.15) is 0 Å². The van der Waals surface area contributed by atoms with Crippen LogP contribution < -0.4 is 10.3 Å². The van der Waals surface area contributed by atoms with Gasteiger partial charge in [-0.3, -0.25) is 9.59 Å². The second kappa shape index (κ2) is 5.53. The molecule has 0 bridgehead atoms. The number of pyridine rings is 1. The van der Waals surface area contributed by atoms with Crippen molar-refractivity contribution in [1.29, 1.82) is 0 Å². The molecule has 2 aromatic rings. The molecule has 1 amide bonds. The van der Waals surface area contributed by atoms with Gasteiger partial charge in [0.2, 0.25) is 5.56 Å². The Kier molecular flexibility index (Phi) is 3.70. The Balaban J connectivity index is 2.23. The average Bonchev–Trinajstić information content (AvgIpc) is 2.78. The van der Waals surface area contributed by atoms with Crippen LogP contribution in [0.1, 0.15) is 21.3 Å². The number of hydrogen-bond donors (Lipinski definition) is 1. The Morgan fingerprint density at radius 2 is 1.91 bits per heavy atom. The van der Waals surface area contributed by atoms with Gasteiger partial charge in [-0.05, 0) is 36.1 Å². The van der Waals surface area contributed by atoms with Crippen LogP contribution in [-0.2, 0) is 0 Å². The van der Waals surface area contributed by atoms with Gasteiger partial charge in [0, 0.05) is 18.7 Å². The summed E-state index contributed by atoms with van der Waals surface area (Å²) in [6, 6.07) is 8.82. The molecule has 114 valence electrons. The van der Waals surface area contributed by atoms with Crippen molar-refractivity contribution in [1.82, 2.24) is 9.88 Å². The summed E-state index contributed by atoms with van der Waals surface area (Å²) in [4.78, 5) is 28.8. The number of carbonyl (C=O) groups is 1. The third-order valence-electron chi connectivity index (χ3n) is 3.83. The second-order valence-electron chi connectivity index (χ2n) is 5.07. The molecular weight excluding hydrogens is 300 g/mol. The smallest absolute Gasteiger partial charge is 0.255 e. The monoisotopic (exact) mass is 316 g/mol. The van der Waals surface area contributed by atoms with E-state index in [1.165, 1.54) is 6.07 Å².